The number of methoxy groups -OCH3 is 3. The summed E-state index contributed by atoms with van der Waals surface area (Å²) < 4.78 is 16.6. The molecule has 1 aromatic carbocycles. The van der Waals surface area contributed by atoms with E-state index in [1.807, 2.05) is 0 Å². The molecule has 1 aliphatic rings. The molecule has 28 heavy (non-hydrogen) atoms. The zero-order valence-corrected chi connectivity index (χ0v) is 15.4. The number of tetrazole rings is 1. The maximum absolute atomic E-state index is 12.6. The summed E-state index contributed by atoms with van der Waals surface area (Å²) in [5, 5.41) is 11.1. The maximum Gasteiger partial charge on any atom is 0.355 e. The zero-order valence-electron chi connectivity index (χ0n) is 15.4. The number of hydrogen-bond acceptors (Lipinski definition) is 9. The maximum atomic E-state index is 12.6. The number of allylic oxidation sites excluding steroid dienone is 2. The molecule has 0 amide bonds. The Morgan fingerprint density at radius 1 is 1.04 bits per heavy atom. The molecule has 0 bridgehead atoms. The lowest BCUT2D eigenvalue weighted by molar-refractivity contribution is -0.139. The Balaban J connectivity index is 2.23. The molecule has 3 rings (SSSR count). The van der Waals surface area contributed by atoms with Crippen molar-refractivity contribution in [3.8, 4) is 11.4 Å². The number of benzene rings is 1. The van der Waals surface area contributed by atoms with Crippen LogP contribution in [-0.2, 0) is 19.1 Å². The number of esters is 2. The number of carbonyl (C=O) groups is 2. The zero-order chi connectivity index (χ0) is 20.1. The average Bonchev–Trinajstić information content (AvgIpc) is 3.18. The van der Waals surface area contributed by atoms with Crippen molar-refractivity contribution >= 4 is 17.6 Å². The summed E-state index contributed by atoms with van der Waals surface area (Å²) in [5.41, 5.74) is 1.10. The van der Waals surface area contributed by atoms with Crippen LogP contribution in [-0.4, -0.2) is 53.5 Å². The first kappa shape index (κ1) is 18.8. The van der Waals surface area contributed by atoms with Gasteiger partial charge in [0.05, 0.1) is 38.3 Å². The highest BCUT2D eigenvalue weighted by Crippen LogP contribution is 2.35. The van der Waals surface area contributed by atoms with Gasteiger partial charge < -0.3 is 19.1 Å². The quantitative estimate of drug-likeness (QED) is 0.703. The molecule has 2 heterocycles. The van der Waals surface area contributed by atoms with Crippen LogP contribution in [0.25, 0.3) is 5.69 Å². The van der Waals surface area contributed by atoms with Crippen LogP contribution in [0.2, 0.25) is 0 Å². The number of nitrogens with zero attached hydrogens (tertiary/aromatic N) is 5. The average molecular weight is 383 g/mol. The van der Waals surface area contributed by atoms with E-state index in [0.717, 1.165) is 0 Å². The van der Waals surface area contributed by atoms with E-state index in [1.54, 1.807) is 36.6 Å². The normalized spacial score (nSPS) is 13.3. The van der Waals surface area contributed by atoms with Gasteiger partial charge in [-0.2, -0.15) is 0 Å². The summed E-state index contributed by atoms with van der Waals surface area (Å²) in [4.78, 5) is 26.3. The standard InChI is InChI=1S/C18H17N5O5/c1-26-15-8-7-12(23-11-19-20-21-23)10-14(15)22-9-5-4-6-13(17(24)27-2)16(22)18(25)28-3/h4-11H,1-3H3. The van der Waals surface area contributed by atoms with Gasteiger partial charge in [0.2, 0.25) is 0 Å². The Hall–Kier alpha value is -3.95. The number of ether oxygens (including phenoxy) is 3. The Morgan fingerprint density at radius 3 is 2.46 bits per heavy atom. The van der Waals surface area contributed by atoms with Crippen molar-refractivity contribution in [2.75, 3.05) is 26.2 Å². The molecular formula is C18H17N5O5. The lowest BCUT2D eigenvalue weighted by atomic mass is 10.1. The molecule has 1 aromatic heterocycles. The van der Waals surface area contributed by atoms with Gasteiger partial charge >= 0.3 is 11.9 Å². The van der Waals surface area contributed by atoms with Gasteiger partial charge in [-0.25, -0.2) is 14.3 Å². The van der Waals surface area contributed by atoms with Crippen LogP contribution in [0, 0.1) is 0 Å². The van der Waals surface area contributed by atoms with E-state index in [1.165, 1.54) is 43.3 Å². The highest BCUT2D eigenvalue weighted by Gasteiger charge is 2.29. The van der Waals surface area contributed by atoms with E-state index >= 15 is 0 Å². The largest absolute Gasteiger partial charge is 0.495 e. The summed E-state index contributed by atoms with van der Waals surface area (Å²) in [6.45, 7) is 0. The third kappa shape index (κ3) is 3.47. The van der Waals surface area contributed by atoms with Gasteiger partial charge in [-0.3, -0.25) is 0 Å². The fourth-order valence-electron chi connectivity index (χ4n) is 2.64. The van der Waals surface area contributed by atoms with Crippen molar-refractivity contribution in [3.05, 3.63) is 60.2 Å². The Morgan fingerprint density at radius 2 is 1.82 bits per heavy atom. The number of rotatable bonds is 5. The molecule has 10 heteroatoms. The van der Waals surface area contributed by atoms with Gasteiger partial charge in [0.1, 0.15) is 17.8 Å². The number of anilines is 1. The van der Waals surface area contributed by atoms with E-state index in [9.17, 15) is 9.59 Å². The molecule has 0 N–H and O–H groups in total. The minimum atomic E-state index is -0.716. The molecule has 10 nitrogen and oxygen atoms in total. The van der Waals surface area contributed by atoms with E-state index < -0.39 is 11.9 Å². The Bertz CT molecular complexity index is 978. The molecule has 0 saturated carbocycles. The number of aromatic nitrogens is 4. The third-order valence-electron chi connectivity index (χ3n) is 3.92. The molecular weight excluding hydrogens is 366 g/mol. The molecule has 144 valence electrons. The van der Waals surface area contributed by atoms with E-state index in [0.29, 0.717) is 17.1 Å². The smallest absolute Gasteiger partial charge is 0.355 e. The summed E-state index contributed by atoms with van der Waals surface area (Å²) in [7, 11) is 3.97. The monoisotopic (exact) mass is 383 g/mol. The van der Waals surface area contributed by atoms with Gasteiger partial charge in [-0.1, -0.05) is 6.08 Å². The third-order valence-corrected chi connectivity index (χ3v) is 3.92. The van der Waals surface area contributed by atoms with Gasteiger partial charge in [0.25, 0.3) is 0 Å². The first-order chi connectivity index (χ1) is 13.6. The van der Waals surface area contributed by atoms with Crippen molar-refractivity contribution in [2.45, 2.75) is 0 Å². The van der Waals surface area contributed by atoms with Crippen molar-refractivity contribution in [3.63, 3.8) is 0 Å². The topological polar surface area (TPSA) is 109 Å². The van der Waals surface area contributed by atoms with Crippen LogP contribution in [0.5, 0.6) is 5.75 Å². The van der Waals surface area contributed by atoms with Crippen LogP contribution in [0.3, 0.4) is 0 Å². The van der Waals surface area contributed by atoms with Gasteiger partial charge in [0, 0.05) is 6.20 Å². The second-order valence-corrected chi connectivity index (χ2v) is 5.43. The first-order valence-corrected chi connectivity index (χ1v) is 8.07. The van der Waals surface area contributed by atoms with Crippen LogP contribution in [0.4, 0.5) is 5.69 Å². The minimum Gasteiger partial charge on any atom is -0.495 e. The molecule has 0 aliphatic carbocycles. The van der Waals surface area contributed by atoms with E-state index in [2.05, 4.69) is 15.5 Å². The van der Waals surface area contributed by atoms with Crippen molar-refractivity contribution in [1.82, 2.24) is 20.2 Å². The second kappa shape index (κ2) is 8.16. The Kier molecular flexibility index (Phi) is 5.49. The summed E-state index contributed by atoms with van der Waals surface area (Å²) in [5.74, 6) is -0.943. The lowest BCUT2D eigenvalue weighted by Crippen LogP contribution is -2.27. The lowest BCUT2D eigenvalue weighted by Gasteiger charge is -2.25. The summed E-state index contributed by atoms with van der Waals surface area (Å²) in [6.07, 6.45) is 7.81. The summed E-state index contributed by atoms with van der Waals surface area (Å²) in [6, 6.07) is 5.16. The van der Waals surface area contributed by atoms with E-state index in [-0.39, 0.29) is 11.3 Å². The molecule has 0 saturated heterocycles. The van der Waals surface area contributed by atoms with Crippen molar-refractivity contribution in [1.29, 1.82) is 0 Å². The first-order valence-electron chi connectivity index (χ1n) is 8.07. The van der Waals surface area contributed by atoms with Gasteiger partial charge in [-0.15, -0.1) is 5.10 Å². The predicted molar refractivity (Wildman–Crippen MR) is 97.5 cm³/mol. The molecule has 0 radical (unpaired) electrons. The highest BCUT2D eigenvalue weighted by atomic mass is 16.5. The molecule has 0 spiro atoms. The predicted octanol–water partition coefficient (Wildman–Crippen LogP) is 1.16. The van der Waals surface area contributed by atoms with Gasteiger partial charge in [0.15, 0.2) is 0 Å². The SMILES string of the molecule is COC(=O)C1=C(C(=O)OC)N(c2cc(-n3cnnn3)ccc2OC)C=CC=C1. The molecule has 2 aromatic rings. The molecule has 0 atom stereocenters. The summed E-state index contributed by atoms with van der Waals surface area (Å²) >= 11 is 0. The van der Waals surface area contributed by atoms with E-state index in [4.69, 9.17) is 14.2 Å². The highest BCUT2D eigenvalue weighted by molar-refractivity contribution is 6.05. The van der Waals surface area contributed by atoms with Gasteiger partial charge in [-0.05, 0) is 40.8 Å². The van der Waals surface area contributed by atoms with Crippen LogP contribution < -0.4 is 9.64 Å². The number of hydrogen-bond donors (Lipinski definition) is 0. The molecule has 0 unspecified atom stereocenters. The second-order valence-electron chi connectivity index (χ2n) is 5.43. The molecule has 1 aliphatic heterocycles. The van der Waals surface area contributed by atoms with Crippen LogP contribution >= 0.6 is 0 Å². The minimum absolute atomic E-state index is 0.0217. The van der Waals surface area contributed by atoms with Crippen molar-refractivity contribution < 1.29 is 23.8 Å². The molecule has 0 fully saturated rings. The fourth-order valence-corrected chi connectivity index (χ4v) is 2.64. The fraction of sp³-hybridized carbons (Fsp3) is 0.167. The number of carbonyl (C=O) groups excluding carboxylic acids is 2. The van der Waals surface area contributed by atoms with Crippen molar-refractivity contribution in [2.24, 2.45) is 0 Å². The van der Waals surface area contributed by atoms with Crippen LogP contribution in [0.15, 0.2) is 60.2 Å². The van der Waals surface area contributed by atoms with Crippen LogP contribution in [0.1, 0.15) is 0 Å². The Labute approximate surface area is 160 Å².